The van der Waals surface area contributed by atoms with E-state index < -0.39 is 17.7 Å². The minimum Gasteiger partial charge on any atom is -0.507 e. The van der Waals surface area contributed by atoms with Crippen LogP contribution in [0.1, 0.15) is 22.7 Å². The lowest BCUT2D eigenvalue weighted by Crippen LogP contribution is -2.30. The van der Waals surface area contributed by atoms with E-state index in [1.807, 2.05) is 11.9 Å². The number of aliphatic hydroxyl groups excluding tert-OH is 1. The van der Waals surface area contributed by atoms with Gasteiger partial charge in [0.25, 0.3) is 11.7 Å². The van der Waals surface area contributed by atoms with Gasteiger partial charge in [-0.15, -0.1) is 0 Å². The van der Waals surface area contributed by atoms with Gasteiger partial charge in [0, 0.05) is 35.7 Å². The average Bonchev–Trinajstić information content (AvgIpc) is 3.11. The lowest BCUT2D eigenvalue weighted by Gasteiger charge is -2.28. The Bertz CT molecular complexity index is 1340. The number of anilines is 2. The molecule has 0 spiro atoms. The summed E-state index contributed by atoms with van der Waals surface area (Å²) in [5, 5.41) is 11.9. The molecular weight excluding hydrogens is 454 g/mol. The zero-order valence-corrected chi connectivity index (χ0v) is 19.4. The Labute approximate surface area is 201 Å². The van der Waals surface area contributed by atoms with Crippen molar-refractivity contribution in [1.29, 1.82) is 0 Å². The molecule has 8 heteroatoms. The van der Waals surface area contributed by atoms with Gasteiger partial charge >= 0.3 is 0 Å². The number of hydrogen-bond donors (Lipinski definition) is 1. The van der Waals surface area contributed by atoms with Crippen LogP contribution in [0.2, 0.25) is 5.02 Å². The molecule has 1 N–H and O–H groups in total. The number of Topliss-reactive ketones (excluding diaryl/α,β-unsaturated/α-hetero) is 1. The van der Waals surface area contributed by atoms with Gasteiger partial charge in [0.2, 0.25) is 0 Å². The molecule has 0 bridgehead atoms. The first-order chi connectivity index (χ1) is 16.4. The number of pyridine rings is 1. The van der Waals surface area contributed by atoms with Gasteiger partial charge in [-0.25, -0.2) is 0 Å². The van der Waals surface area contributed by atoms with E-state index in [1.54, 1.807) is 67.8 Å². The Morgan fingerprint density at radius 2 is 1.88 bits per heavy atom. The molecule has 2 aliphatic rings. The number of ether oxygens (including phenoxy) is 1. The molecule has 1 amide bonds. The van der Waals surface area contributed by atoms with Crippen LogP contribution in [0.15, 0.2) is 66.5 Å². The lowest BCUT2D eigenvalue weighted by atomic mass is 9.95. The largest absolute Gasteiger partial charge is 0.507 e. The van der Waals surface area contributed by atoms with Crippen molar-refractivity contribution >= 4 is 40.4 Å². The van der Waals surface area contributed by atoms with Crippen LogP contribution in [-0.4, -0.2) is 42.0 Å². The van der Waals surface area contributed by atoms with Gasteiger partial charge in [0.05, 0.1) is 23.8 Å². The summed E-state index contributed by atoms with van der Waals surface area (Å²) in [6.45, 7) is 3.06. The van der Waals surface area contributed by atoms with Crippen molar-refractivity contribution in [2.75, 3.05) is 30.0 Å². The summed E-state index contributed by atoms with van der Waals surface area (Å²) < 4.78 is 5.69. The molecule has 0 aliphatic carbocycles. The van der Waals surface area contributed by atoms with E-state index >= 15 is 0 Å². The Kier molecular flexibility index (Phi) is 5.49. The summed E-state index contributed by atoms with van der Waals surface area (Å²) in [5.74, 6) is -1.04. The van der Waals surface area contributed by atoms with Gasteiger partial charge in [-0.2, -0.15) is 0 Å². The number of carbonyl (C=O) groups excluding carboxylic acids is 2. The average molecular weight is 476 g/mol. The van der Waals surface area contributed by atoms with Crippen molar-refractivity contribution in [2.45, 2.75) is 13.0 Å². The molecule has 1 fully saturated rings. The summed E-state index contributed by atoms with van der Waals surface area (Å²) in [7, 11) is 1.93. The van der Waals surface area contributed by atoms with Crippen molar-refractivity contribution in [3.63, 3.8) is 0 Å². The fraction of sp³-hybridized carbons (Fsp3) is 0.192. The zero-order valence-electron chi connectivity index (χ0n) is 18.7. The van der Waals surface area contributed by atoms with E-state index in [0.717, 1.165) is 5.69 Å². The second-order valence-electron chi connectivity index (χ2n) is 8.29. The molecule has 7 nitrogen and oxygen atoms in total. The molecule has 0 radical (unpaired) electrons. The van der Waals surface area contributed by atoms with Crippen LogP contribution in [0.5, 0.6) is 5.75 Å². The van der Waals surface area contributed by atoms with Crippen molar-refractivity contribution in [3.8, 4) is 5.75 Å². The van der Waals surface area contributed by atoms with Gasteiger partial charge in [0.1, 0.15) is 18.1 Å². The number of aliphatic hydroxyl groups is 1. The number of nitrogens with zero attached hydrogens (tertiary/aromatic N) is 3. The van der Waals surface area contributed by atoms with Crippen LogP contribution < -0.4 is 14.5 Å². The maximum Gasteiger partial charge on any atom is 0.300 e. The minimum atomic E-state index is -0.842. The normalized spacial score (nSPS) is 19.2. The van der Waals surface area contributed by atoms with Crippen LogP contribution in [-0.2, 0) is 9.59 Å². The highest BCUT2D eigenvalue weighted by molar-refractivity contribution is 6.52. The highest BCUT2D eigenvalue weighted by Gasteiger charge is 2.47. The lowest BCUT2D eigenvalue weighted by molar-refractivity contribution is -0.132. The molecular formula is C26H22ClN3O4. The quantitative estimate of drug-likeness (QED) is 0.341. The monoisotopic (exact) mass is 475 g/mol. The standard InChI is InChI=1S/C26H22ClN3O4/c1-15-18(27)4-3-5-19(15)30-23(16-8-10-28-11-9-16)22(25(32)26(30)33)24(31)17-6-7-21-20(14-17)29(2)12-13-34-21/h3-11,14,23,31H,12-13H2,1-2H3/b24-22-. The fourth-order valence-corrected chi connectivity index (χ4v) is 4.62. The third-order valence-electron chi connectivity index (χ3n) is 6.29. The van der Waals surface area contributed by atoms with Crippen LogP contribution >= 0.6 is 11.6 Å². The number of likely N-dealkylation sites (N-methyl/N-ethyl adjacent to an activating group) is 1. The molecule has 1 saturated heterocycles. The van der Waals surface area contributed by atoms with E-state index in [4.69, 9.17) is 16.3 Å². The van der Waals surface area contributed by atoms with Crippen LogP contribution in [0.4, 0.5) is 11.4 Å². The van der Waals surface area contributed by atoms with Crippen molar-refractivity contribution < 1.29 is 19.4 Å². The summed E-state index contributed by atoms with van der Waals surface area (Å²) in [4.78, 5) is 34.2. The van der Waals surface area contributed by atoms with E-state index in [9.17, 15) is 14.7 Å². The summed E-state index contributed by atoms with van der Waals surface area (Å²) in [5.41, 5.74) is 3.06. The molecule has 3 heterocycles. The summed E-state index contributed by atoms with van der Waals surface area (Å²) >= 11 is 6.34. The van der Waals surface area contributed by atoms with Crippen LogP contribution in [0, 0.1) is 6.92 Å². The smallest absolute Gasteiger partial charge is 0.300 e. The molecule has 172 valence electrons. The SMILES string of the molecule is Cc1c(Cl)cccc1N1C(=O)C(=O)/C(=C(\O)c2ccc3c(c2)N(C)CCO3)C1c1ccncc1. The van der Waals surface area contributed by atoms with E-state index in [1.165, 1.54) is 4.90 Å². The van der Waals surface area contributed by atoms with Crippen LogP contribution in [0.25, 0.3) is 5.76 Å². The molecule has 1 atom stereocenters. The molecule has 5 rings (SSSR count). The number of aromatic nitrogens is 1. The van der Waals surface area contributed by atoms with Gasteiger partial charge in [-0.1, -0.05) is 17.7 Å². The maximum absolute atomic E-state index is 13.3. The predicted octanol–water partition coefficient (Wildman–Crippen LogP) is 4.50. The molecule has 3 aromatic rings. The number of carbonyl (C=O) groups is 2. The number of rotatable bonds is 3. The van der Waals surface area contributed by atoms with E-state index in [0.29, 0.717) is 46.3 Å². The van der Waals surface area contributed by atoms with Gasteiger partial charge in [0.15, 0.2) is 0 Å². The second kappa shape index (κ2) is 8.50. The zero-order chi connectivity index (χ0) is 24.0. The maximum atomic E-state index is 13.3. The third kappa shape index (κ3) is 3.49. The number of amides is 1. The van der Waals surface area contributed by atoms with Crippen molar-refractivity contribution in [3.05, 3.63) is 88.2 Å². The predicted molar refractivity (Wildman–Crippen MR) is 130 cm³/mol. The Hall–Kier alpha value is -3.84. The second-order valence-corrected chi connectivity index (χ2v) is 8.69. The highest BCUT2D eigenvalue weighted by atomic mass is 35.5. The Morgan fingerprint density at radius 1 is 1.12 bits per heavy atom. The van der Waals surface area contributed by atoms with E-state index in [2.05, 4.69) is 4.98 Å². The molecule has 1 unspecified atom stereocenters. The first kappa shape index (κ1) is 22.0. The third-order valence-corrected chi connectivity index (χ3v) is 6.70. The van der Waals surface area contributed by atoms with Gasteiger partial charge < -0.3 is 14.7 Å². The topological polar surface area (TPSA) is 83.0 Å². The van der Waals surface area contributed by atoms with E-state index in [-0.39, 0.29) is 11.3 Å². The molecule has 1 aromatic heterocycles. The molecule has 2 aliphatic heterocycles. The molecule has 2 aromatic carbocycles. The summed E-state index contributed by atoms with van der Waals surface area (Å²) in [6.07, 6.45) is 3.18. The highest BCUT2D eigenvalue weighted by Crippen LogP contribution is 2.44. The number of hydrogen-bond acceptors (Lipinski definition) is 6. The van der Waals surface area contributed by atoms with Crippen molar-refractivity contribution in [1.82, 2.24) is 4.98 Å². The first-order valence-corrected chi connectivity index (χ1v) is 11.2. The minimum absolute atomic E-state index is 0.00917. The number of ketones is 1. The van der Waals surface area contributed by atoms with Gasteiger partial charge in [-0.05, 0) is 60.5 Å². The first-order valence-electron chi connectivity index (χ1n) is 10.8. The number of halogens is 1. The Morgan fingerprint density at radius 3 is 2.65 bits per heavy atom. The molecule has 34 heavy (non-hydrogen) atoms. The van der Waals surface area contributed by atoms with Gasteiger partial charge in [-0.3, -0.25) is 19.5 Å². The Balaban J connectivity index is 1.72. The molecule has 0 saturated carbocycles. The number of benzene rings is 2. The number of fused-ring (bicyclic) bond motifs is 1. The van der Waals surface area contributed by atoms with Crippen molar-refractivity contribution in [2.24, 2.45) is 0 Å². The fourth-order valence-electron chi connectivity index (χ4n) is 4.45. The summed E-state index contributed by atoms with van der Waals surface area (Å²) in [6, 6.07) is 13.0. The van der Waals surface area contributed by atoms with Crippen LogP contribution in [0.3, 0.4) is 0 Å².